The zero-order valence-electron chi connectivity index (χ0n) is 7.34. The maximum atomic E-state index is 11.2. The zero-order chi connectivity index (χ0) is 10.6. The van der Waals surface area contributed by atoms with Crippen LogP contribution in [0.3, 0.4) is 0 Å². The fourth-order valence-electron chi connectivity index (χ4n) is 0.630. The van der Waals surface area contributed by atoms with Crippen molar-refractivity contribution in [2.24, 2.45) is 0 Å². The molecule has 1 atom stereocenters. The van der Waals surface area contributed by atoms with Crippen LogP contribution in [0, 0.1) is 11.3 Å². The van der Waals surface area contributed by atoms with Gasteiger partial charge in [0.05, 0.1) is 12.6 Å². The number of hydrogen-bond acceptors (Lipinski definition) is 6. The summed E-state index contributed by atoms with van der Waals surface area (Å²) in [6, 6.07) is 1.62. The minimum absolute atomic E-state index is 0.0785. The third-order valence-electron chi connectivity index (χ3n) is 1.49. The largest absolute Gasteiger partial charge is 0.343 e. The predicted octanol–water partition coefficient (Wildman–Crippen LogP) is -0.599. The topological polar surface area (TPSA) is 109 Å². The molecule has 0 radical (unpaired) electrons. The minimum atomic E-state index is -3.62. The molecular weight excluding hydrogens is 208 g/mol. The van der Waals surface area contributed by atoms with Crippen molar-refractivity contribution in [2.75, 3.05) is 0 Å². The molecule has 0 aliphatic rings. The molecule has 76 valence electrons. The molecule has 14 heavy (non-hydrogen) atoms. The van der Waals surface area contributed by atoms with Crippen LogP contribution in [-0.2, 0) is 16.6 Å². The van der Waals surface area contributed by atoms with Gasteiger partial charge in [-0.05, 0) is 6.92 Å². The van der Waals surface area contributed by atoms with Gasteiger partial charge in [0.25, 0.3) is 0 Å². The Morgan fingerprint density at radius 3 is 3.00 bits per heavy atom. The SMILES string of the molecule is CC(C#N)S(=O)(=O)NCc1ncon1. The Hall–Kier alpha value is -1.46. The fraction of sp³-hybridized carbons (Fsp3) is 0.500. The summed E-state index contributed by atoms with van der Waals surface area (Å²) in [5, 5.41) is 10.7. The maximum absolute atomic E-state index is 11.2. The molecule has 1 aromatic rings. The lowest BCUT2D eigenvalue weighted by atomic mass is 10.5. The van der Waals surface area contributed by atoms with E-state index in [9.17, 15) is 8.42 Å². The van der Waals surface area contributed by atoms with Gasteiger partial charge in [0.1, 0.15) is 0 Å². The molecule has 1 aromatic heterocycles. The van der Waals surface area contributed by atoms with Crippen LogP contribution in [0.2, 0.25) is 0 Å². The highest BCUT2D eigenvalue weighted by atomic mass is 32.2. The molecule has 1 unspecified atom stereocenters. The van der Waals surface area contributed by atoms with E-state index in [1.165, 1.54) is 6.92 Å². The van der Waals surface area contributed by atoms with Gasteiger partial charge >= 0.3 is 0 Å². The summed E-state index contributed by atoms with van der Waals surface area (Å²) < 4.78 is 29.1. The van der Waals surface area contributed by atoms with Crippen molar-refractivity contribution in [1.82, 2.24) is 14.9 Å². The number of nitrogens with one attached hydrogen (secondary N) is 1. The van der Waals surface area contributed by atoms with Gasteiger partial charge < -0.3 is 4.52 Å². The summed E-state index contributed by atoms with van der Waals surface area (Å²) in [4.78, 5) is 3.62. The normalized spacial score (nSPS) is 13.4. The summed E-state index contributed by atoms with van der Waals surface area (Å²) in [6.07, 6.45) is 1.09. The van der Waals surface area contributed by atoms with Crippen molar-refractivity contribution < 1.29 is 12.9 Å². The monoisotopic (exact) mass is 216 g/mol. The van der Waals surface area contributed by atoms with Gasteiger partial charge in [-0.3, -0.25) is 0 Å². The third kappa shape index (κ3) is 2.51. The van der Waals surface area contributed by atoms with Gasteiger partial charge in [0, 0.05) is 0 Å². The van der Waals surface area contributed by atoms with Crippen molar-refractivity contribution in [3.05, 3.63) is 12.2 Å². The highest BCUT2D eigenvalue weighted by molar-refractivity contribution is 7.90. The second kappa shape index (κ2) is 4.17. The van der Waals surface area contributed by atoms with E-state index < -0.39 is 15.3 Å². The van der Waals surface area contributed by atoms with Crippen LogP contribution in [0.1, 0.15) is 12.7 Å². The van der Waals surface area contributed by atoms with Gasteiger partial charge in [-0.25, -0.2) is 13.1 Å². The second-order valence-electron chi connectivity index (χ2n) is 2.48. The molecule has 0 aromatic carbocycles. The Bertz CT molecular complexity index is 418. The highest BCUT2D eigenvalue weighted by Gasteiger charge is 2.19. The molecule has 0 amide bonds. The Labute approximate surface area is 80.8 Å². The summed E-state index contributed by atoms with van der Waals surface area (Å²) >= 11 is 0. The van der Waals surface area contributed by atoms with E-state index in [1.807, 2.05) is 0 Å². The molecule has 1 heterocycles. The molecule has 1 rings (SSSR count). The van der Waals surface area contributed by atoms with Crippen LogP contribution in [0.15, 0.2) is 10.9 Å². The average Bonchev–Trinajstić information content (AvgIpc) is 2.66. The van der Waals surface area contributed by atoms with Gasteiger partial charge in [-0.2, -0.15) is 10.2 Å². The predicted molar refractivity (Wildman–Crippen MR) is 45.1 cm³/mol. The standard InChI is InChI=1S/C6H8N4O3S/c1-5(2-7)14(11,12)9-3-6-8-4-13-10-6/h4-5,9H,3H2,1H3. The first-order chi connectivity index (χ1) is 6.56. The lowest BCUT2D eigenvalue weighted by Crippen LogP contribution is -2.31. The van der Waals surface area contributed by atoms with Crippen LogP contribution < -0.4 is 4.72 Å². The Kier molecular flexibility index (Phi) is 3.16. The first-order valence-electron chi connectivity index (χ1n) is 3.69. The van der Waals surface area contributed by atoms with Crippen LogP contribution in [0.5, 0.6) is 0 Å². The first-order valence-corrected chi connectivity index (χ1v) is 5.24. The molecule has 0 aliphatic carbocycles. The van der Waals surface area contributed by atoms with Crippen molar-refractivity contribution in [3.8, 4) is 6.07 Å². The smallest absolute Gasteiger partial charge is 0.228 e. The second-order valence-corrected chi connectivity index (χ2v) is 4.57. The third-order valence-corrected chi connectivity index (χ3v) is 3.07. The van der Waals surface area contributed by atoms with E-state index >= 15 is 0 Å². The molecule has 1 N–H and O–H groups in total. The maximum Gasteiger partial charge on any atom is 0.228 e. The molecule has 7 nitrogen and oxygen atoms in total. The van der Waals surface area contributed by atoms with Crippen LogP contribution in [-0.4, -0.2) is 23.8 Å². The van der Waals surface area contributed by atoms with Crippen molar-refractivity contribution in [3.63, 3.8) is 0 Å². The van der Waals surface area contributed by atoms with Crippen LogP contribution in [0.25, 0.3) is 0 Å². The fourth-order valence-corrected chi connectivity index (χ4v) is 1.35. The summed E-state index contributed by atoms with van der Waals surface area (Å²) in [5.41, 5.74) is 0. The number of hydrogen-bond donors (Lipinski definition) is 1. The van der Waals surface area contributed by atoms with E-state index in [4.69, 9.17) is 5.26 Å². The minimum Gasteiger partial charge on any atom is -0.343 e. The number of aromatic nitrogens is 2. The number of sulfonamides is 1. The van der Waals surface area contributed by atoms with E-state index in [1.54, 1.807) is 6.07 Å². The molecule has 0 saturated heterocycles. The quantitative estimate of drug-likeness (QED) is 0.719. The Balaban J connectivity index is 2.58. The Morgan fingerprint density at radius 2 is 2.50 bits per heavy atom. The van der Waals surface area contributed by atoms with E-state index in [0.29, 0.717) is 0 Å². The molecule has 0 bridgehead atoms. The molecule has 8 heteroatoms. The van der Waals surface area contributed by atoms with Gasteiger partial charge in [0.15, 0.2) is 11.1 Å². The molecular formula is C6H8N4O3S. The first kappa shape index (κ1) is 10.6. The highest BCUT2D eigenvalue weighted by Crippen LogP contribution is 1.97. The molecule has 0 fully saturated rings. The summed E-state index contributed by atoms with van der Waals surface area (Å²) in [6.45, 7) is 1.21. The summed E-state index contributed by atoms with van der Waals surface area (Å²) in [7, 11) is -3.62. The van der Waals surface area contributed by atoms with E-state index in [-0.39, 0.29) is 12.4 Å². The molecule has 0 saturated carbocycles. The van der Waals surface area contributed by atoms with Crippen LogP contribution >= 0.6 is 0 Å². The van der Waals surface area contributed by atoms with Crippen LogP contribution in [0.4, 0.5) is 0 Å². The lowest BCUT2D eigenvalue weighted by molar-refractivity contribution is 0.409. The van der Waals surface area contributed by atoms with Gasteiger partial charge in [-0.15, -0.1) is 0 Å². The number of nitriles is 1. The van der Waals surface area contributed by atoms with Gasteiger partial charge in [-0.1, -0.05) is 5.16 Å². The van der Waals surface area contributed by atoms with Gasteiger partial charge in [0.2, 0.25) is 16.4 Å². The zero-order valence-corrected chi connectivity index (χ0v) is 8.15. The average molecular weight is 216 g/mol. The number of nitrogens with zero attached hydrogens (tertiary/aromatic N) is 3. The van der Waals surface area contributed by atoms with Crippen molar-refractivity contribution >= 4 is 10.0 Å². The van der Waals surface area contributed by atoms with E-state index in [0.717, 1.165) is 6.39 Å². The molecule has 0 spiro atoms. The molecule has 0 aliphatic heterocycles. The van der Waals surface area contributed by atoms with Crippen molar-refractivity contribution in [2.45, 2.75) is 18.7 Å². The number of rotatable bonds is 4. The summed E-state index contributed by atoms with van der Waals surface area (Å²) in [5.74, 6) is 0.221. The lowest BCUT2D eigenvalue weighted by Gasteiger charge is -2.04. The Morgan fingerprint density at radius 1 is 1.79 bits per heavy atom. The van der Waals surface area contributed by atoms with E-state index in [2.05, 4.69) is 19.4 Å². The van der Waals surface area contributed by atoms with Crippen molar-refractivity contribution in [1.29, 1.82) is 5.26 Å².